The predicted molar refractivity (Wildman–Crippen MR) is 433 cm³/mol. The van der Waals surface area contributed by atoms with Gasteiger partial charge < -0.3 is 0 Å². The monoisotopic (exact) mass is 1410 g/mol. The third-order valence-corrected chi connectivity index (χ3v) is 37.3. The molecular formula is C100H134Ge. The number of unbranched alkanes of at least 4 members (excludes halogenated alkanes) is 6. The standard InChI is InChI=1S/C100H134Ge/c1-27-29-31-33-35-97-73-49-61-67(91(15,16)43-37-85(61,3)4)55-79(73)99(80-56-68-62(50-74(80)97)86(5,6)38-44-92(68,17)18,81-57-69-63(51-75(81)97)87(7,8)39-45-93(69,19)20)101-100-82-58-70-64(88(9,10)40-46-94(70,21)22)52-76(82)98(36-34-32-30-28-2,77-53-65-71(59-83(77)100)95(23,24)47-41-89(65,11)12)78-54-66-72(60-84(78)100)96(25,26)48-42-90(66,13)14/h49-60H,27-48H2,1-26H3. The van der Waals surface area contributed by atoms with Crippen molar-refractivity contribution in [1.82, 2.24) is 0 Å². The fraction of sp³-hybridized carbons (Fsp3) is 0.640. The Morgan fingerprint density at radius 2 is 0.327 bits per heavy atom. The molecule has 0 saturated heterocycles. The molecule has 0 unspecified atom stereocenters. The van der Waals surface area contributed by atoms with Crippen molar-refractivity contribution in [3.05, 3.63) is 206 Å². The summed E-state index contributed by atoms with van der Waals surface area (Å²) < 4.78 is -0.913. The third-order valence-electron chi connectivity index (χ3n) is 32.3. The molecule has 1 heteroatoms. The van der Waals surface area contributed by atoms with Gasteiger partial charge in [-0.1, -0.05) is 0 Å². The van der Waals surface area contributed by atoms with Crippen LogP contribution in [0.2, 0.25) is 0 Å². The fourth-order valence-electron chi connectivity index (χ4n) is 24.5. The van der Waals surface area contributed by atoms with Crippen LogP contribution in [0.5, 0.6) is 0 Å². The molecule has 0 fully saturated rings. The number of hydrogen-bond donors (Lipinski definition) is 0. The van der Waals surface area contributed by atoms with Crippen LogP contribution < -0.4 is 0 Å². The van der Waals surface area contributed by atoms with Crippen molar-refractivity contribution in [3.8, 4) is 0 Å². The van der Waals surface area contributed by atoms with Gasteiger partial charge in [-0.05, 0) is 0 Å². The van der Waals surface area contributed by atoms with Gasteiger partial charge in [0.25, 0.3) is 0 Å². The average molecular weight is 1410 g/mol. The van der Waals surface area contributed by atoms with Gasteiger partial charge in [0, 0.05) is 0 Å². The van der Waals surface area contributed by atoms with Crippen LogP contribution in [0.15, 0.2) is 72.8 Å². The van der Waals surface area contributed by atoms with E-state index in [9.17, 15) is 0 Å². The Hall–Kier alpha value is -4.14. The molecule has 0 aromatic heterocycles. The van der Waals surface area contributed by atoms with Crippen molar-refractivity contribution in [2.75, 3.05) is 0 Å². The van der Waals surface area contributed by atoms with Gasteiger partial charge in [0.1, 0.15) is 0 Å². The summed E-state index contributed by atoms with van der Waals surface area (Å²) in [5, 5.41) is 0. The first kappa shape index (κ1) is 71.1. The topological polar surface area (TPSA) is 0 Å². The molecule has 0 spiro atoms. The van der Waals surface area contributed by atoms with Gasteiger partial charge in [-0.2, -0.15) is 0 Å². The molecule has 0 amide bonds. The Balaban J connectivity index is 1.18. The molecule has 0 aliphatic heterocycles. The van der Waals surface area contributed by atoms with Gasteiger partial charge in [0.05, 0.1) is 0 Å². The van der Waals surface area contributed by atoms with Crippen LogP contribution in [-0.2, 0) is 84.3 Å². The number of hydrogen-bond acceptors (Lipinski definition) is 0. The first-order chi connectivity index (χ1) is 46.8. The van der Waals surface area contributed by atoms with Crippen LogP contribution in [0.4, 0.5) is 0 Å². The van der Waals surface area contributed by atoms with Gasteiger partial charge >= 0.3 is 627 Å². The molecule has 0 heterocycles. The second-order valence-electron chi connectivity index (χ2n) is 44.3. The summed E-state index contributed by atoms with van der Waals surface area (Å²) in [6.07, 6.45) is 26.9. The normalized spacial score (nSPS) is 29.2. The minimum atomic E-state index is -1.44. The van der Waals surface area contributed by atoms with Crippen molar-refractivity contribution < 1.29 is 0 Å². The molecule has 0 atom stereocenters. The van der Waals surface area contributed by atoms with Crippen LogP contribution in [-0.4, -0.2) is 15.4 Å². The quantitative estimate of drug-likeness (QED) is 0.0846. The van der Waals surface area contributed by atoms with Crippen molar-refractivity contribution in [2.24, 2.45) is 0 Å². The first-order valence-electron chi connectivity index (χ1n) is 41.8. The second kappa shape index (κ2) is 21.8. The van der Waals surface area contributed by atoms with Crippen LogP contribution in [0.1, 0.15) is 455 Å². The third kappa shape index (κ3) is 9.52. The van der Waals surface area contributed by atoms with E-state index in [2.05, 4.69) is 253 Å². The first-order valence-corrected chi connectivity index (χ1v) is 43.9. The van der Waals surface area contributed by atoms with Crippen LogP contribution in [0, 0.1) is 0 Å². The molecule has 0 nitrogen and oxygen atoms in total. The van der Waals surface area contributed by atoms with Gasteiger partial charge in [-0.3, -0.25) is 0 Å². The SMILES string of the molecule is CCCCCCC12c3cc4c(cc3[C]([Ge][C]35c6cc7c(cc6C(CCCCCC)(c6cc8c(cc63)C(C)(C)CCC8(C)C)c3cc6c(cc35)C(C)(C)CCC6(C)C)C(C)(C)CCC7(C)C)(c3cc5c(cc31)C(C)(C)CCC5(C)C)c1cc3c(cc12)C(C)(C)CCC3(C)C)C(C)(C)CCC4(C)C. The van der Waals surface area contributed by atoms with E-state index in [4.69, 9.17) is 0 Å². The summed E-state index contributed by atoms with van der Waals surface area (Å²) in [5.74, 6) is 0. The molecule has 6 aromatic carbocycles. The van der Waals surface area contributed by atoms with Crippen molar-refractivity contribution in [2.45, 2.75) is 406 Å². The number of rotatable bonds is 12. The van der Waals surface area contributed by atoms with E-state index in [0.717, 1.165) is 12.8 Å². The van der Waals surface area contributed by atoms with Crippen LogP contribution in [0.3, 0.4) is 0 Å². The predicted octanol–water partition coefficient (Wildman–Crippen LogP) is 26.6. The van der Waals surface area contributed by atoms with E-state index in [0.29, 0.717) is 0 Å². The molecule has 4 bridgehead atoms. The maximum atomic E-state index is 3.07. The summed E-state index contributed by atoms with van der Waals surface area (Å²) in [6, 6.07) is 36.6. The Bertz CT molecular complexity index is 3780. The van der Waals surface area contributed by atoms with Crippen LogP contribution >= 0.6 is 0 Å². The van der Waals surface area contributed by atoms with Gasteiger partial charge in [0.2, 0.25) is 0 Å². The molecule has 0 N–H and O–H groups in total. The van der Waals surface area contributed by atoms with E-state index in [1.165, 1.54) is 128 Å². The second-order valence-corrected chi connectivity index (χ2v) is 48.0. The Morgan fingerprint density at radius 1 is 0.188 bits per heavy atom. The van der Waals surface area contributed by atoms with E-state index < -0.39 is 23.9 Å². The molecular weight excluding hydrogens is 1270 g/mol. The Labute approximate surface area is 623 Å². The van der Waals surface area contributed by atoms with Crippen molar-refractivity contribution >= 4 is 15.4 Å². The molecule has 538 valence electrons. The van der Waals surface area contributed by atoms with Crippen molar-refractivity contribution in [1.29, 1.82) is 0 Å². The Kier molecular flexibility index (Phi) is 15.4. The molecule has 101 heavy (non-hydrogen) atoms. The average Bonchev–Trinajstić information content (AvgIpc) is 0.634. The summed E-state index contributed by atoms with van der Waals surface area (Å²) in [7, 11) is 0. The van der Waals surface area contributed by atoms with E-state index in [1.54, 1.807) is 134 Å². The molecule has 0 saturated carbocycles. The van der Waals surface area contributed by atoms with E-state index >= 15 is 0 Å². The summed E-state index contributed by atoms with van der Waals surface area (Å²) in [5.41, 5.74) is 40.2. The maximum absolute atomic E-state index is 3.07. The van der Waals surface area contributed by atoms with Crippen molar-refractivity contribution in [3.63, 3.8) is 0 Å². The van der Waals surface area contributed by atoms with E-state index in [-0.39, 0.29) is 75.8 Å². The zero-order valence-electron chi connectivity index (χ0n) is 69.0. The molecule has 12 aliphatic rings. The van der Waals surface area contributed by atoms with Gasteiger partial charge in [-0.25, -0.2) is 0 Å². The molecule has 12 aliphatic carbocycles. The fourth-order valence-corrected chi connectivity index (χ4v) is 30.0. The van der Waals surface area contributed by atoms with Crippen LogP contribution in [0.25, 0.3) is 0 Å². The Morgan fingerprint density at radius 3 is 0.465 bits per heavy atom. The van der Waals surface area contributed by atoms with E-state index in [1.807, 2.05) is 0 Å². The summed E-state index contributed by atoms with van der Waals surface area (Å²) >= 11 is -1.44. The zero-order valence-corrected chi connectivity index (χ0v) is 71.1. The summed E-state index contributed by atoms with van der Waals surface area (Å²) in [6.45, 7) is 68.6. The molecule has 18 rings (SSSR count). The van der Waals surface area contributed by atoms with Gasteiger partial charge in [-0.15, -0.1) is 0 Å². The number of fused-ring (bicyclic) bond motifs is 6. The molecule has 6 aromatic rings. The minimum absolute atomic E-state index is 0.0188. The zero-order chi connectivity index (χ0) is 72.6. The van der Waals surface area contributed by atoms with Gasteiger partial charge in [0.15, 0.2) is 0 Å². The number of benzene rings is 6. The summed E-state index contributed by atoms with van der Waals surface area (Å²) in [4.78, 5) is 0. The molecule has 2 radical (unpaired) electrons.